The lowest BCUT2D eigenvalue weighted by atomic mass is 9.92. The number of amides is 1. The third-order valence-electron chi connectivity index (χ3n) is 6.76. The number of methoxy groups -OCH3 is 1. The Balaban J connectivity index is 1.73. The van der Waals surface area contributed by atoms with Gasteiger partial charge in [-0.1, -0.05) is 25.0 Å². The second-order valence-corrected chi connectivity index (χ2v) is 9.55. The highest BCUT2D eigenvalue weighted by Crippen LogP contribution is 2.38. The quantitative estimate of drug-likeness (QED) is 0.187. The molecule has 0 unspecified atom stereocenters. The van der Waals surface area contributed by atoms with Crippen LogP contribution < -0.4 is 10.1 Å². The number of aryl methyl sites for hydroxylation is 3. The number of imidazole rings is 1. The summed E-state index contributed by atoms with van der Waals surface area (Å²) in [6, 6.07) is 14.9. The number of benzene rings is 3. The minimum Gasteiger partial charge on any atom is -0.496 e. The summed E-state index contributed by atoms with van der Waals surface area (Å²) in [5, 5.41) is 13.7. The van der Waals surface area contributed by atoms with Crippen LogP contribution in [0.2, 0.25) is 0 Å². The molecular formula is C32H31F2N3O3. The lowest BCUT2D eigenvalue weighted by Crippen LogP contribution is -2.18. The summed E-state index contributed by atoms with van der Waals surface area (Å²) < 4.78 is 34.7. The highest BCUT2D eigenvalue weighted by Gasteiger charge is 2.29. The van der Waals surface area contributed by atoms with Gasteiger partial charge in [-0.2, -0.15) is 4.73 Å². The normalized spacial score (nSPS) is 11.1. The van der Waals surface area contributed by atoms with E-state index in [1.165, 1.54) is 31.2 Å². The number of rotatable bonds is 7. The molecule has 206 valence electrons. The summed E-state index contributed by atoms with van der Waals surface area (Å²) in [4.78, 5) is 17.6. The van der Waals surface area contributed by atoms with Crippen molar-refractivity contribution < 1.29 is 23.5 Å². The van der Waals surface area contributed by atoms with Crippen LogP contribution in [0.4, 0.5) is 14.5 Å². The number of hydrogen-bond acceptors (Lipinski definition) is 4. The average molecular weight is 544 g/mol. The van der Waals surface area contributed by atoms with E-state index in [2.05, 4.69) is 22.1 Å². The minimum atomic E-state index is -3.02. The molecule has 0 saturated heterocycles. The smallest absolute Gasteiger partial charge is 0.277 e. The molecule has 3 aromatic carbocycles. The van der Waals surface area contributed by atoms with Crippen molar-refractivity contribution in [1.82, 2.24) is 9.71 Å². The van der Waals surface area contributed by atoms with Crippen LogP contribution in [0.15, 0.2) is 54.6 Å². The Hall–Kier alpha value is -4.64. The molecule has 1 heterocycles. The first kappa shape index (κ1) is 28.4. The number of aromatic nitrogens is 2. The second kappa shape index (κ2) is 11.2. The number of nitrogens with one attached hydrogen (secondary N) is 1. The lowest BCUT2D eigenvalue weighted by molar-refractivity contribution is -0.00825. The zero-order valence-electron chi connectivity index (χ0n) is 23.3. The zero-order valence-corrected chi connectivity index (χ0v) is 23.3. The van der Waals surface area contributed by atoms with Gasteiger partial charge in [-0.05, 0) is 86.8 Å². The van der Waals surface area contributed by atoms with E-state index in [9.17, 15) is 18.8 Å². The van der Waals surface area contributed by atoms with E-state index in [-0.39, 0.29) is 34.9 Å². The maximum atomic E-state index is 14.2. The Kier molecular flexibility index (Phi) is 7.96. The van der Waals surface area contributed by atoms with Crippen molar-refractivity contribution in [3.8, 4) is 40.1 Å². The van der Waals surface area contributed by atoms with E-state index in [0.29, 0.717) is 11.3 Å². The van der Waals surface area contributed by atoms with Gasteiger partial charge in [0.05, 0.1) is 12.8 Å². The fourth-order valence-corrected chi connectivity index (χ4v) is 4.83. The molecule has 0 atom stereocenters. The van der Waals surface area contributed by atoms with E-state index in [1.54, 1.807) is 33.1 Å². The molecule has 6 nitrogen and oxygen atoms in total. The number of anilines is 1. The van der Waals surface area contributed by atoms with Crippen molar-refractivity contribution in [2.45, 2.75) is 47.0 Å². The van der Waals surface area contributed by atoms with Crippen molar-refractivity contribution in [2.24, 2.45) is 0 Å². The monoisotopic (exact) mass is 543 g/mol. The Morgan fingerprint density at radius 3 is 2.42 bits per heavy atom. The molecule has 1 amide bonds. The molecule has 0 radical (unpaired) electrons. The number of carbonyl (C=O) groups is 1. The first-order valence-corrected chi connectivity index (χ1v) is 12.8. The van der Waals surface area contributed by atoms with Crippen LogP contribution in [-0.2, 0) is 5.92 Å². The molecule has 0 saturated carbocycles. The van der Waals surface area contributed by atoms with Gasteiger partial charge in [0.15, 0.2) is 11.5 Å². The van der Waals surface area contributed by atoms with Crippen LogP contribution in [-0.4, -0.2) is 27.9 Å². The molecule has 4 aromatic rings. The Bertz CT molecular complexity index is 1640. The predicted octanol–water partition coefficient (Wildman–Crippen LogP) is 7.51. The first-order valence-electron chi connectivity index (χ1n) is 12.8. The van der Waals surface area contributed by atoms with Crippen LogP contribution in [0.3, 0.4) is 0 Å². The molecular weight excluding hydrogens is 512 g/mol. The van der Waals surface area contributed by atoms with Crippen LogP contribution in [0.25, 0.3) is 22.5 Å². The van der Waals surface area contributed by atoms with Gasteiger partial charge >= 0.3 is 0 Å². The molecule has 1 aromatic heterocycles. The van der Waals surface area contributed by atoms with Gasteiger partial charge < -0.3 is 15.3 Å². The van der Waals surface area contributed by atoms with Crippen LogP contribution >= 0.6 is 0 Å². The average Bonchev–Trinajstić information content (AvgIpc) is 3.22. The van der Waals surface area contributed by atoms with E-state index < -0.39 is 11.8 Å². The summed E-state index contributed by atoms with van der Waals surface area (Å²) in [7, 11) is 1.59. The Morgan fingerprint density at radius 1 is 1.10 bits per heavy atom. The largest absolute Gasteiger partial charge is 0.496 e. The van der Waals surface area contributed by atoms with Crippen molar-refractivity contribution in [3.63, 3.8) is 0 Å². The fourth-order valence-electron chi connectivity index (χ4n) is 4.83. The van der Waals surface area contributed by atoms with E-state index in [4.69, 9.17) is 4.74 Å². The molecule has 2 N–H and O–H groups in total. The molecule has 0 aliphatic heterocycles. The third kappa shape index (κ3) is 5.41. The standard InChI is InChI=1S/C32H31F2N3O3/c1-7-10-22-15-19(3)28(20(4)16-22)26-17-23(13-14-27(26)40-6)30-35-21(5)29(37(30)39)31(38)36-25-12-9-11-24(18-25)32(33,34)8-2/h9,11-18,39H,8H2,1-6H3,(H,36,38). The van der Waals surface area contributed by atoms with E-state index in [1.807, 2.05) is 32.0 Å². The van der Waals surface area contributed by atoms with Crippen molar-refractivity contribution in [3.05, 3.63) is 88.2 Å². The summed E-state index contributed by atoms with van der Waals surface area (Å²) in [6.07, 6.45) is -0.365. The summed E-state index contributed by atoms with van der Waals surface area (Å²) in [6.45, 7) is 8.78. The van der Waals surface area contributed by atoms with Gasteiger partial charge in [-0.25, -0.2) is 13.8 Å². The van der Waals surface area contributed by atoms with Gasteiger partial charge in [0.1, 0.15) is 5.75 Å². The number of ether oxygens (including phenoxy) is 1. The third-order valence-corrected chi connectivity index (χ3v) is 6.76. The van der Waals surface area contributed by atoms with Gasteiger partial charge in [-0.15, -0.1) is 5.92 Å². The minimum absolute atomic E-state index is 0.102. The van der Waals surface area contributed by atoms with Crippen LogP contribution in [0.5, 0.6) is 5.75 Å². The molecule has 0 fully saturated rings. The SMILES string of the molecule is CC#Cc1cc(C)c(-c2cc(-c3nc(C)c(C(=O)Nc4cccc(C(F)(F)CC)c4)n3O)ccc2OC)c(C)c1. The first-order chi connectivity index (χ1) is 19.0. The molecule has 0 spiro atoms. The number of hydrogen-bond donors (Lipinski definition) is 2. The summed E-state index contributed by atoms with van der Waals surface area (Å²) in [5.41, 5.74) is 5.41. The van der Waals surface area contributed by atoms with Crippen LogP contribution in [0.1, 0.15) is 58.7 Å². The van der Waals surface area contributed by atoms with Gasteiger partial charge in [-0.3, -0.25) is 4.79 Å². The maximum Gasteiger partial charge on any atom is 0.277 e. The molecule has 4 rings (SSSR count). The summed E-state index contributed by atoms with van der Waals surface area (Å²) >= 11 is 0. The summed E-state index contributed by atoms with van der Waals surface area (Å²) in [5.74, 6) is 3.11. The molecule has 0 aliphatic rings. The predicted molar refractivity (Wildman–Crippen MR) is 152 cm³/mol. The van der Waals surface area contributed by atoms with Crippen molar-refractivity contribution in [2.75, 3.05) is 12.4 Å². The Labute approximate surface area is 232 Å². The van der Waals surface area contributed by atoms with E-state index in [0.717, 1.165) is 32.5 Å². The topological polar surface area (TPSA) is 76.4 Å². The number of nitrogens with zero attached hydrogens (tertiary/aromatic N) is 2. The fraction of sp³-hybridized carbons (Fsp3) is 0.250. The van der Waals surface area contributed by atoms with Gasteiger partial charge in [0.2, 0.25) is 0 Å². The number of alkyl halides is 2. The van der Waals surface area contributed by atoms with Crippen molar-refractivity contribution in [1.29, 1.82) is 0 Å². The molecule has 0 aliphatic carbocycles. The zero-order chi connectivity index (χ0) is 29.2. The molecule has 8 heteroatoms. The van der Waals surface area contributed by atoms with Crippen molar-refractivity contribution >= 4 is 11.6 Å². The highest BCUT2D eigenvalue weighted by atomic mass is 19.3. The van der Waals surface area contributed by atoms with Gasteiger partial charge in [0.25, 0.3) is 11.8 Å². The molecule has 40 heavy (non-hydrogen) atoms. The Morgan fingerprint density at radius 2 is 1.80 bits per heavy atom. The van der Waals surface area contributed by atoms with Crippen LogP contribution in [0, 0.1) is 32.6 Å². The van der Waals surface area contributed by atoms with Gasteiger partial charge in [0, 0.05) is 34.4 Å². The maximum absolute atomic E-state index is 14.2. The van der Waals surface area contributed by atoms with E-state index >= 15 is 0 Å². The molecule has 0 bridgehead atoms. The second-order valence-electron chi connectivity index (χ2n) is 9.55. The highest BCUT2D eigenvalue weighted by molar-refractivity contribution is 6.04. The number of carbonyl (C=O) groups excluding carboxylic acids is 1. The number of halogens is 2. The lowest BCUT2D eigenvalue weighted by Gasteiger charge is -2.16.